The van der Waals surface area contributed by atoms with Crippen molar-refractivity contribution in [3.8, 4) is 5.75 Å². The molecule has 0 aliphatic heterocycles. The Balaban J connectivity index is 1.56. The van der Waals surface area contributed by atoms with Gasteiger partial charge in [-0.3, -0.25) is 4.79 Å². The average molecular weight is 350 g/mol. The number of benzene rings is 1. The lowest BCUT2D eigenvalue weighted by molar-refractivity contribution is 0.287. The number of aromatic nitrogens is 2. The van der Waals surface area contributed by atoms with Gasteiger partial charge in [-0.25, -0.2) is 4.68 Å². The zero-order valence-corrected chi connectivity index (χ0v) is 13.0. The summed E-state index contributed by atoms with van der Waals surface area (Å²) in [4.78, 5) is 11.9. The Labute approximate surface area is 131 Å². The van der Waals surface area contributed by atoms with Crippen LogP contribution in [0.5, 0.6) is 5.75 Å². The fraction of sp³-hybridized carbons (Fsp3) is 0.333. The maximum absolute atomic E-state index is 11.9. The smallest absolute Gasteiger partial charge is 0.268 e. The van der Waals surface area contributed by atoms with E-state index in [9.17, 15) is 4.79 Å². The van der Waals surface area contributed by atoms with Gasteiger partial charge >= 0.3 is 0 Å². The van der Waals surface area contributed by atoms with Crippen LogP contribution in [-0.4, -0.2) is 22.4 Å². The molecule has 3 rings (SSSR count). The highest BCUT2D eigenvalue weighted by atomic mass is 79.9. The first-order chi connectivity index (χ1) is 10.2. The molecule has 1 saturated carbocycles. The molecular formula is C15H16BrN3O2. The minimum Gasteiger partial charge on any atom is -0.492 e. The lowest BCUT2D eigenvalue weighted by Crippen LogP contribution is -2.25. The standard InChI is InChI=1S/C15H16BrN3O2/c16-11-2-1-3-14(8-11)21-7-6-19-15(20)9-13(10-17-19)18-12-4-5-12/h1-3,8-10,12,18H,4-7H2. The van der Waals surface area contributed by atoms with Gasteiger partial charge < -0.3 is 10.1 Å². The summed E-state index contributed by atoms with van der Waals surface area (Å²) >= 11 is 3.39. The molecule has 0 unspecified atom stereocenters. The third kappa shape index (κ3) is 4.07. The Hall–Kier alpha value is -1.82. The number of rotatable bonds is 6. The largest absolute Gasteiger partial charge is 0.492 e. The van der Waals surface area contributed by atoms with E-state index in [1.54, 1.807) is 12.3 Å². The number of hydrogen-bond acceptors (Lipinski definition) is 4. The van der Waals surface area contributed by atoms with Crippen molar-refractivity contribution in [2.24, 2.45) is 0 Å². The fourth-order valence-electron chi connectivity index (χ4n) is 1.95. The van der Waals surface area contributed by atoms with Crippen molar-refractivity contribution in [1.29, 1.82) is 0 Å². The maximum atomic E-state index is 11.9. The van der Waals surface area contributed by atoms with Crippen molar-refractivity contribution in [3.05, 3.63) is 51.4 Å². The van der Waals surface area contributed by atoms with Crippen LogP contribution in [0.25, 0.3) is 0 Å². The van der Waals surface area contributed by atoms with E-state index in [0.29, 0.717) is 19.2 Å². The van der Waals surface area contributed by atoms with Crippen LogP contribution < -0.4 is 15.6 Å². The van der Waals surface area contributed by atoms with E-state index in [1.807, 2.05) is 24.3 Å². The van der Waals surface area contributed by atoms with E-state index in [-0.39, 0.29) is 5.56 Å². The monoisotopic (exact) mass is 349 g/mol. The van der Waals surface area contributed by atoms with Crippen LogP contribution in [-0.2, 0) is 6.54 Å². The number of anilines is 1. The number of hydrogen-bond donors (Lipinski definition) is 1. The molecule has 1 heterocycles. The van der Waals surface area contributed by atoms with E-state index in [4.69, 9.17) is 4.74 Å². The predicted molar refractivity (Wildman–Crippen MR) is 84.8 cm³/mol. The molecule has 1 aliphatic carbocycles. The highest BCUT2D eigenvalue weighted by Crippen LogP contribution is 2.23. The van der Waals surface area contributed by atoms with Crippen LogP contribution in [0.3, 0.4) is 0 Å². The molecule has 1 aliphatic rings. The Morgan fingerprint density at radius 2 is 2.24 bits per heavy atom. The van der Waals surface area contributed by atoms with Gasteiger partial charge in [0.25, 0.3) is 5.56 Å². The first-order valence-electron chi connectivity index (χ1n) is 6.93. The van der Waals surface area contributed by atoms with Gasteiger partial charge in [-0.1, -0.05) is 22.0 Å². The molecule has 0 bridgehead atoms. The normalized spacial score (nSPS) is 14.0. The molecule has 21 heavy (non-hydrogen) atoms. The minimum absolute atomic E-state index is 0.113. The van der Waals surface area contributed by atoms with Gasteiger partial charge in [-0.2, -0.15) is 5.10 Å². The molecular weight excluding hydrogens is 334 g/mol. The van der Waals surface area contributed by atoms with Crippen LogP contribution in [0.4, 0.5) is 5.69 Å². The van der Waals surface area contributed by atoms with Gasteiger partial charge in [0.2, 0.25) is 0 Å². The van der Waals surface area contributed by atoms with E-state index in [1.165, 1.54) is 17.5 Å². The molecule has 0 spiro atoms. The quantitative estimate of drug-likeness (QED) is 0.870. The van der Waals surface area contributed by atoms with Crippen LogP contribution >= 0.6 is 15.9 Å². The molecule has 6 heteroatoms. The topological polar surface area (TPSA) is 56.2 Å². The Bertz CT molecular complexity index is 683. The summed E-state index contributed by atoms with van der Waals surface area (Å²) in [6.45, 7) is 0.827. The summed E-state index contributed by atoms with van der Waals surface area (Å²) in [6.07, 6.45) is 4.03. The van der Waals surface area contributed by atoms with E-state index in [2.05, 4.69) is 26.3 Å². The van der Waals surface area contributed by atoms with Crippen LogP contribution in [0.2, 0.25) is 0 Å². The predicted octanol–water partition coefficient (Wildman–Crippen LogP) is 2.66. The summed E-state index contributed by atoms with van der Waals surface area (Å²) in [5.74, 6) is 0.768. The molecule has 5 nitrogen and oxygen atoms in total. The molecule has 1 N–H and O–H groups in total. The van der Waals surface area contributed by atoms with E-state index >= 15 is 0 Å². The molecule has 1 fully saturated rings. The van der Waals surface area contributed by atoms with Crippen molar-refractivity contribution in [3.63, 3.8) is 0 Å². The van der Waals surface area contributed by atoms with Gasteiger partial charge in [-0.15, -0.1) is 0 Å². The average Bonchev–Trinajstić information content (AvgIpc) is 3.25. The number of nitrogens with one attached hydrogen (secondary N) is 1. The Kier molecular flexibility index (Phi) is 4.24. The Morgan fingerprint density at radius 1 is 1.38 bits per heavy atom. The van der Waals surface area contributed by atoms with E-state index in [0.717, 1.165) is 15.9 Å². The summed E-state index contributed by atoms with van der Waals surface area (Å²) in [6, 6.07) is 9.71. The van der Waals surface area contributed by atoms with Crippen molar-refractivity contribution >= 4 is 21.6 Å². The number of ether oxygens (including phenoxy) is 1. The Morgan fingerprint density at radius 3 is 2.95 bits per heavy atom. The third-order valence-electron chi connectivity index (χ3n) is 3.19. The number of nitrogens with zero attached hydrogens (tertiary/aromatic N) is 2. The first kappa shape index (κ1) is 14.1. The van der Waals surface area contributed by atoms with Gasteiger partial charge in [0.15, 0.2) is 0 Å². The van der Waals surface area contributed by atoms with Gasteiger partial charge in [0, 0.05) is 16.6 Å². The highest BCUT2D eigenvalue weighted by Gasteiger charge is 2.20. The molecule has 2 aromatic rings. The summed E-state index contributed by atoms with van der Waals surface area (Å²) < 4.78 is 7.98. The lowest BCUT2D eigenvalue weighted by atomic mass is 10.3. The summed E-state index contributed by atoms with van der Waals surface area (Å²) in [5.41, 5.74) is 0.685. The van der Waals surface area contributed by atoms with Crippen molar-refractivity contribution in [2.75, 3.05) is 11.9 Å². The van der Waals surface area contributed by atoms with E-state index < -0.39 is 0 Å². The lowest BCUT2D eigenvalue weighted by Gasteiger charge is -2.09. The minimum atomic E-state index is -0.113. The van der Waals surface area contributed by atoms with Gasteiger partial charge in [-0.05, 0) is 31.0 Å². The second-order valence-corrected chi connectivity index (χ2v) is 5.95. The summed E-state index contributed by atoms with van der Waals surface area (Å²) in [7, 11) is 0. The van der Waals surface area contributed by atoms with Gasteiger partial charge in [0.1, 0.15) is 12.4 Å². The van der Waals surface area contributed by atoms with Crippen LogP contribution in [0, 0.1) is 0 Å². The van der Waals surface area contributed by atoms with Crippen LogP contribution in [0.1, 0.15) is 12.8 Å². The maximum Gasteiger partial charge on any atom is 0.268 e. The molecule has 0 radical (unpaired) electrons. The second-order valence-electron chi connectivity index (χ2n) is 5.03. The SMILES string of the molecule is O=c1cc(NC2CC2)cnn1CCOc1cccc(Br)c1. The van der Waals surface area contributed by atoms with Crippen LogP contribution in [0.15, 0.2) is 45.8 Å². The highest BCUT2D eigenvalue weighted by molar-refractivity contribution is 9.10. The van der Waals surface area contributed by atoms with Crippen molar-refractivity contribution < 1.29 is 4.74 Å². The molecule has 110 valence electrons. The molecule has 0 atom stereocenters. The van der Waals surface area contributed by atoms with Gasteiger partial charge in [0.05, 0.1) is 18.4 Å². The van der Waals surface area contributed by atoms with Crippen molar-refractivity contribution in [1.82, 2.24) is 9.78 Å². The molecule has 0 saturated heterocycles. The molecule has 0 amide bonds. The molecule has 1 aromatic carbocycles. The fourth-order valence-corrected chi connectivity index (χ4v) is 2.33. The zero-order chi connectivity index (χ0) is 14.7. The van der Waals surface area contributed by atoms with Crippen molar-refractivity contribution in [2.45, 2.75) is 25.4 Å². The first-order valence-corrected chi connectivity index (χ1v) is 7.72. The third-order valence-corrected chi connectivity index (χ3v) is 3.68. The number of halogens is 1. The molecule has 1 aromatic heterocycles. The zero-order valence-electron chi connectivity index (χ0n) is 11.5. The summed E-state index contributed by atoms with van der Waals surface area (Å²) in [5, 5.41) is 7.42. The second kappa shape index (κ2) is 6.30.